The molecule has 0 bridgehead atoms. The third kappa shape index (κ3) is 2.90. The lowest BCUT2D eigenvalue weighted by atomic mass is 10.0. The molecule has 2 aromatic carbocycles. The standard InChI is InChI=1S/C19H16N2O2/c1-22-16-8-13(9-17(10-16)23-2)14(11-20)7-15-12-21-19-6-4-3-5-18(15)19/h3-10,12,21H,1-2H3/b14-7+. The minimum absolute atomic E-state index is 0.548. The Morgan fingerprint density at radius 2 is 1.78 bits per heavy atom. The number of aromatic amines is 1. The molecule has 0 unspecified atom stereocenters. The molecule has 4 nitrogen and oxygen atoms in total. The van der Waals surface area contributed by atoms with Crippen LogP contribution in [0.2, 0.25) is 0 Å². The Kier molecular flexibility index (Phi) is 4.03. The van der Waals surface area contributed by atoms with Crippen LogP contribution in [0.15, 0.2) is 48.7 Å². The highest BCUT2D eigenvalue weighted by Crippen LogP contribution is 2.29. The zero-order valence-electron chi connectivity index (χ0n) is 13.0. The monoisotopic (exact) mass is 304 g/mol. The highest BCUT2D eigenvalue weighted by atomic mass is 16.5. The van der Waals surface area contributed by atoms with Crippen LogP contribution in [0.5, 0.6) is 11.5 Å². The molecule has 0 amide bonds. The van der Waals surface area contributed by atoms with Crippen molar-refractivity contribution in [2.75, 3.05) is 14.2 Å². The second-order valence-electron chi connectivity index (χ2n) is 5.06. The van der Waals surface area contributed by atoms with Crippen molar-refractivity contribution in [1.29, 1.82) is 5.26 Å². The molecular weight excluding hydrogens is 288 g/mol. The minimum Gasteiger partial charge on any atom is -0.497 e. The SMILES string of the molecule is COc1cc(OC)cc(/C(C#N)=C/c2c[nH]c3ccccc23)c1. The second kappa shape index (κ2) is 6.29. The molecule has 0 aliphatic rings. The van der Waals surface area contributed by atoms with Crippen molar-refractivity contribution in [3.05, 3.63) is 59.8 Å². The molecule has 1 N–H and O–H groups in total. The summed E-state index contributed by atoms with van der Waals surface area (Å²) in [5.41, 5.74) is 3.32. The Bertz CT molecular complexity index is 894. The Morgan fingerprint density at radius 3 is 2.43 bits per heavy atom. The molecule has 23 heavy (non-hydrogen) atoms. The van der Waals surface area contributed by atoms with Crippen molar-refractivity contribution in [1.82, 2.24) is 4.98 Å². The second-order valence-corrected chi connectivity index (χ2v) is 5.06. The van der Waals surface area contributed by atoms with Gasteiger partial charge >= 0.3 is 0 Å². The molecule has 0 saturated carbocycles. The first-order valence-electron chi connectivity index (χ1n) is 7.16. The Balaban J connectivity index is 2.11. The van der Waals surface area contributed by atoms with Gasteiger partial charge in [-0.1, -0.05) is 18.2 Å². The maximum absolute atomic E-state index is 9.57. The van der Waals surface area contributed by atoms with Crippen molar-refractivity contribution in [2.24, 2.45) is 0 Å². The fourth-order valence-electron chi connectivity index (χ4n) is 2.51. The van der Waals surface area contributed by atoms with E-state index < -0.39 is 0 Å². The zero-order chi connectivity index (χ0) is 16.2. The van der Waals surface area contributed by atoms with E-state index in [-0.39, 0.29) is 0 Å². The van der Waals surface area contributed by atoms with Crippen LogP contribution in [0.3, 0.4) is 0 Å². The van der Waals surface area contributed by atoms with Crippen LogP contribution in [0.25, 0.3) is 22.6 Å². The first kappa shape index (κ1) is 14.7. The van der Waals surface area contributed by atoms with E-state index in [0.717, 1.165) is 22.0 Å². The van der Waals surface area contributed by atoms with Crippen molar-refractivity contribution in [3.63, 3.8) is 0 Å². The predicted octanol–water partition coefficient (Wildman–Crippen LogP) is 4.25. The highest BCUT2D eigenvalue weighted by molar-refractivity contribution is 5.98. The molecule has 0 aliphatic carbocycles. The van der Waals surface area contributed by atoms with Gasteiger partial charge < -0.3 is 14.5 Å². The van der Waals surface area contributed by atoms with Crippen LogP contribution in [-0.4, -0.2) is 19.2 Å². The van der Waals surface area contributed by atoms with Gasteiger partial charge in [-0.25, -0.2) is 0 Å². The van der Waals surface area contributed by atoms with E-state index in [9.17, 15) is 5.26 Å². The van der Waals surface area contributed by atoms with Gasteiger partial charge in [0.15, 0.2) is 0 Å². The summed E-state index contributed by atoms with van der Waals surface area (Å²) in [5.74, 6) is 1.30. The highest BCUT2D eigenvalue weighted by Gasteiger charge is 2.08. The largest absolute Gasteiger partial charge is 0.497 e. The van der Waals surface area contributed by atoms with E-state index in [4.69, 9.17) is 9.47 Å². The maximum atomic E-state index is 9.57. The third-order valence-electron chi connectivity index (χ3n) is 3.70. The van der Waals surface area contributed by atoms with E-state index in [1.165, 1.54) is 0 Å². The lowest BCUT2D eigenvalue weighted by molar-refractivity contribution is 0.394. The van der Waals surface area contributed by atoms with Crippen molar-refractivity contribution in [3.8, 4) is 17.6 Å². The summed E-state index contributed by atoms with van der Waals surface area (Å²) in [4.78, 5) is 3.21. The number of hydrogen-bond acceptors (Lipinski definition) is 3. The van der Waals surface area contributed by atoms with E-state index in [1.54, 1.807) is 20.3 Å². The van der Waals surface area contributed by atoms with Gasteiger partial charge in [0.25, 0.3) is 0 Å². The van der Waals surface area contributed by atoms with Gasteiger partial charge in [0.1, 0.15) is 11.5 Å². The fraction of sp³-hybridized carbons (Fsp3) is 0.105. The Morgan fingerprint density at radius 1 is 1.09 bits per heavy atom. The van der Waals surface area contributed by atoms with E-state index in [0.29, 0.717) is 17.1 Å². The number of nitriles is 1. The van der Waals surface area contributed by atoms with Crippen molar-refractivity contribution in [2.45, 2.75) is 0 Å². The smallest absolute Gasteiger partial charge is 0.123 e. The van der Waals surface area contributed by atoms with Crippen LogP contribution in [0.1, 0.15) is 11.1 Å². The fourth-order valence-corrected chi connectivity index (χ4v) is 2.51. The number of allylic oxidation sites excluding steroid dienone is 1. The molecule has 0 atom stereocenters. The molecule has 0 fully saturated rings. The molecule has 4 heteroatoms. The number of rotatable bonds is 4. The number of nitrogens with zero attached hydrogens (tertiary/aromatic N) is 1. The van der Waals surface area contributed by atoms with Crippen LogP contribution < -0.4 is 9.47 Å². The number of aromatic nitrogens is 1. The number of methoxy groups -OCH3 is 2. The van der Waals surface area contributed by atoms with Crippen LogP contribution in [-0.2, 0) is 0 Å². The number of benzene rings is 2. The van der Waals surface area contributed by atoms with E-state index in [2.05, 4.69) is 11.1 Å². The summed E-state index contributed by atoms with van der Waals surface area (Å²) in [6, 6.07) is 15.7. The quantitative estimate of drug-likeness (QED) is 0.733. The molecule has 0 aliphatic heterocycles. The van der Waals surface area contributed by atoms with Crippen LogP contribution >= 0.6 is 0 Å². The first-order chi connectivity index (χ1) is 11.2. The molecule has 1 heterocycles. The van der Waals surface area contributed by atoms with E-state index in [1.807, 2.05) is 48.7 Å². The summed E-state index contributed by atoms with van der Waals surface area (Å²) in [6.45, 7) is 0. The van der Waals surface area contributed by atoms with Gasteiger partial charge in [0.2, 0.25) is 0 Å². The van der Waals surface area contributed by atoms with Crippen LogP contribution in [0, 0.1) is 11.3 Å². The normalized spacial score (nSPS) is 11.3. The molecule has 3 rings (SSSR count). The number of H-pyrrole nitrogens is 1. The van der Waals surface area contributed by atoms with Crippen molar-refractivity contribution >= 4 is 22.6 Å². The van der Waals surface area contributed by atoms with Crippen LogP contribution in [0.4, 0.5) is 0 Å². The van der Waals surface area contributed by atoms with Gasteiger partial charge in [-0.05, 0) is 29.8 Å². The summed E-state index contributed by atoms with van der Waals surface area (Å²) in [7, 11) is 3.18. The minimum atomic E-state index is 0.548. The van der Waals surface area contributed by atoms with Gasteiger partial charge in [0, 0.05) is 28.7 Å². The van der Waals surface area contributed by atoms with E-state index >= 15 is 0 Å². The van der Waals surface area contributed by atoms with Gasteiger partial charge in [-0.15, -0.1) is 0 Å². The molecule has 114 valence electrons. The number of fused-ring (bicyclic) bond motifs is 1. The molecule has 0 spiro atoms. The van der Waals surface area contributed by atoms with Crippen molar-refractivity contribution < 1.29 is 9.47 Å². The maximum Gasteiger partial charge on any atom is 0.123 e. The zero-order valence-corrected chi connectivity index (χ0v) is 13.0. The predicted molar refractivity (Wildman–Crippen MR) is 91.3 cm³/mol. The Labute approximate surface area is 134 Å². The number of ether oxygens (including phenoxy) is 2. The molecular formula is C19H16N2O2. The lowest BCUT2D eigenvalue weighted by Crippen LogP contribution is -1.90. The summed E-state index contributed by atoms with van der Waals surface area (Å²) in [6.07, 6.45) is 3.77. The average molecular weight is 304 g/mol. The molecule has 0 saturated heterocycles. The lowest BCUT2D eigenvalue weighted by Gasteiger charge is -2.07. The summed E-state index contributed by atoms with van der Waals surface area (Å²) >= 11 is 0. The average Bonchev–Trinajstić information content (AvgIpc) is 3.02. The third-order valence-corrected chi connectivity index (χ3v) is 3.70. The Hall–Kier alpha value is -3.19. The molecule has 1 aromatic heterocycles. The van der Waals surface area contributed by atoms with Gasteiger partial charge in [0.05, 0.1) is 25.9 Å². The number of nitrogens with one attached hydrogen (secondary N) is 1. The molecule has 3 aromatic rings. The summed E-state index contributed by atoms with van der Waals surface area (Å²) < 4.78 is 10.5. The molecule has 0 radical (unpaired) electrons. The summed E-state index contributed by atoms with van der Waals surface area (Å²) in [5, 5.41) is 10.6. The number of para-hydroxylation sites is 1. The number of hydrogen-bond donors (Lipinski definition) is 1. The van der Waals surface area contributed by atoms with Gasteiger partial charge in [-0.3, -0.25) is 0 Å². The van der Waals surface area contributed by atoms with Gasteiger partial charge in [-0.2, -0.15) is 5.26 Å². The topological polar surface area (TPSA) is 58.0 Å². The first-order valence-corrected chi connectivity index (χ1v) is 7.16.